The van der Waals surface area contributed by atoms with Gasteiger partial charge in [0.15, 0.2) is 0 Å². The largest absolute Gasteiger partial charge is 0.478 e. The second-order valence-electron chi connectivity index (χ2n) is 5.58. The van der Waals surface area contributed by atoms with Gasteiger partial charge in [0.05, 0.1) is 17.1 Å². The fraction of sp³-hybridized carbons (Fsp3) is 0.0526. The molecule has 0 bridgehead atoms. The Kier molecular flexibility index (Phi) is 5.80. The molecule has 0 aliphatic rings. The molecular formula is C19H16N2O4S2. The Morgan fingerprint density at radius 3 is 2.48 bits per heavy atom. The molecule has 0 aliphatic carbocycles. The molecular weight excluding hydrogens is 384 g/mol. The molecule has 2 aromatic carbocycles. The number of nitrogens with zero attached hydrogens (tertiary/aromatic N) is 1. The third-order valence-corrected chi connectivity index (χ3v) is 5.98. The van der Waals surface area contributed by atoms with E-state index in [1.165, 1.54) is 29.5 Å². The minimum Gasteiger partial charge on any atom is -0.478 e. The summed E-state index contributed by atoms with van der Waals surface area (Å²) in [5.74, 6) is -1.06. The highest BCUT2D eigenvalue weighted by atomic mass is 32.2. The average molecular weight is 400 g/mol. The smallest absolute Gasteiger partial charge is 0.328 e. The van der Waals surface area contributed by atoms with Crippen molar-refractivity contribution >= 4 is 33.4 Å². The highest BCUT2D eigenvalue weighted by molar-refractivity contribution is 7.89. The van der Waals surface area contributed by atoms with Gasteiger partial charge in [-0.2, -0.15) is 0 Å². The zero-order chi connectivity index (χ0) is 19.3. The van der Waals surface area contributed by atoms with E-state index in [9.17, 15) is 13.2 Å². The SMILES string of the molecule is O=C(O)C=Cc1ccc(S(=O)(=O)NCc2csc(-c3ccccc3)n2)cc1. The third kappa shape index (κ3) is 5.10. The lowest BCUT2D eigenvalue weighted by Gasteiger charge is -2.05. The third-order valence-electron chi connectivity index (χ3n) is 3.62. The summed E-state index contributed by atoms with van der Waals surface area (Å²) in [6, 6.07) is 15.6. The normalized spacial score (nSPS) is 11.7. The van der Waals surface area contributed by atoms with Crippen molar-refractivity contribution in [3.63, 3.8) is 0 Å². The maximum absolute atomic E-state index is 12.4. The van der Waals surface area contributed by atoms with Gasteiger partial charge in [0.2, 0.25) is 10.0 Å². The zero-order valence-corrected chi connectivity index (χ0v) is 15.7. The van der Waals surface area contributed by atoms with Gasteiger partial charge in [-0.1, -0.05) is 42.5 Å². The summed E-state index contributed by atoms with van der Waals surface area (Å²) in [4.78, 5) is 15.1. The molecule has 27 heavy (non-hydrogen) atoms. The van der Waals surface area contributed by atoms with Crippen molar-refractivity contribution in [2.75, 3.05) is 0 Å². The lowest BCUT2D eigenvalue weighted by molar-refractivity contribution is -0.131. The molecule has 0 fully saturated rings. The molecule has 0 spiro atoms. The van der Waals surface area contributed by atoms with Crippen LogP contribution in [0.25, 0.3) is 16.6 Å². The van der Waals surface area contributed by atoms with E-state index in [-0.39, 0.29) is 11.4 Å². The summed E-state index contributed by atoms with van der Waals surface area (Å²) in [5.41, 5.74) is 2.23. The van der Waals surface area contributed by atoms with Gasteiger partial charge in [-0.15, -0.1) is 11.3 Å². The van der Waals surface area contributed by atoms with Crippen LogP contribution >= 0.6 is 11.3 Å². The van der Waals surface area contributed by atoms with Crippen LogP contribution in [0.2, 0.25) is 0 Å². The summed E-state index contributed by atoms with van der Waals surface area (Å²) >= 11 is 1.46. The summed E-state index contributed by atoms with van der Waals surface area (Å²) in [5, 5.41) is 11.3. The molecule has 6 nitrogen and oxygen atoms in total. The Hall–Kier alpha value is -2.81. The van der Waals surface area contributed by atoms with Gasteiger partial charge in [-0.25, -0.2) is 22.9 Å². The number of benzene rings is 2. The predicted octanol–water partition coefficient (Wildman–Crippen LogP) is 3.39. The molecule has 0 unspecified atom stereocenters. The van der Waals surface area contributed by atoms with Crippen LogP contribution in [0.4, 0.5) is 0 Å². The summed E-state index contributed by atoms with van der Waals surface area (Å²) < 4.78 is 27.4. The molecule has 3 rings (SSSR count). The Bertz CT molecular complexity index is 1060. The summed E-state index contributed by atoms with van der Waals surface area (Å²) in [6.07, 6.45) is 2.39. The molecule has 1 aromatic heterocycles. The Morgan fingerprint density at radius 2 is 1.81 bits per heavy atom. The predicted molar refractivity (Wildman–Crippen MR) is 105 cm³/mol. The van der Waals surface area contributed by atoms with Crippen molar-refractivity contribution in [2.45, 2.75) is 11.4 Å². The van der Waals surface area contributed by atoms with E-state index in [0.29, 0.717) is 11.3 Å². The van der Waals surface area contributed by atoms with Crippen molar-refractivity contribution in [1.29, 1.82) is 0 Å². The number of carboxylic acid groups (broad SMARTS) is 1. The molecule has 1 heterocycles. The lowest BCUT2D eigenvalue weighted by atomic mass is 10.2. The molecule has 138 valence electrons. The fourth-order valence-corrected chi connectivity index (χ4v) is 4.10. The van der Waals surface area contributed by atoms with Gasteiger partial charge in [0.25, 0.3) is 0 Å². The number of sulfonamides is 1. The monoisotopic (exact) mass is 400 g/mol. The molecule has 3 aromatic rings. The van der Waals surface area contributed by atoms with E-state index in [2.05, 4.69) is 9.71 Å². The minimum atomic E-state index is -3.69. The van der Waals surface area contributed by atoms with Crippen molar-refractivity contribution in [3.8, 4) is 10.6 Å². The maximum Gasteiger partial charge on any atom is 0.328 e. The quantitative estimate of drug-likeness (QED) is 0.593. The maximum atomic E-state index is 12.4. The van der Waals surface area contributed by atoms with Gasteiger partial charge in [-0.3, -0.25) is 0 Å². The second-order valence-corrected chi connectivity index (χ2v) is 8.20. The second kappa shape index (κ2) is 8.26. The number of rotatable bonds is 7. The number of aromatic nitrogens is 1. The topological polar surface area (TPSA) is 96.4 Å². The average Bonchev–Trinajstić information content (AvgIpc) is 3.15. The first-order valence-electron chi connectivity index (χ1n) is 7.94. The Balaban J connectivity index is 1.67. The molecule has 8 heteroatoms. The molecule has 2 N–H and O–H groups in total. The van der Waals surface area contributed by atoms with Crippen LogP contribution in [0, 0.1) is 0 Å². The van der Waals surface area contributed by atoms with E-state index in [4.69, 9.17) is 5.11 Å². The van der Waals surface area contributed by atoms with Crippen LogP contribution in [0.1, 0.15) is 11.3 Å². The summed E-state index contributed by atoms with van der Waals surface area (Å²) in [7, 11) is -3.69. The van der Waals surface area contributed by atoms with Gasteiger partial charge >= 0.3 is 5.97 Å². The number of hydrogen-bond acceptors (Lipinski definition) is 5. The van der Waals surface area contributed by atoms with Crippen LogP contribution in [0.15, 0.2) is 70.9 Å². The Morgan fingerprint density at radius 1 is 1.11 bits per heavy atom. The van der Waals surface area contributed by atoms with Crippen molar-refractivity contribution in [2.24, 2.45) is 0 Å². The molecule has 0 amide bonds. The number of carboxylic acids is 1. The van der Waals surface area contributed by atoms with E-state index in [1.54, 1.807) is 12.1 Å². The lowest BCUT2D eigenvalue weighted by Crippen LogP contribution is -2.23. The van der Waals surface area contributed by atoms with Crippen molar-refractivity contribution < 1.29 is 18.3 Å². The first-order chi connectivity index (χ1) is 12.9. The highest BCUT2D eigenvalue weighted by Crippen LogP contribution is 2.23. The number of thiazole rings is 1. The summed E-state index contributed by atoms with van der Waals surface area (Å²) in [6.45, 7) is 0.0896. The van der Waals surface area contributed by atoms with Gasteiger partial charge in [0, 0.05) is 17.0 Å². The highest BCUT2D eigenvalue weighted by Gasteiger charge is 2.14. The van der Waals surface area contributed by atoms with Crippen LogP contribution in [0.5, 0.6) is 0 Å². The first kappa shape index (κ1) is 19.0. The number of aliphatic carboxylic acids is 1. The fourth-order valence-electron chi connectivity index (χ4n) is 2.28. The van der Waals surface area contributed by atoms with Crippen LogP contribution in [-0.2, 0) is 21.4 Å². The van der Waals surface area contributed by atoms with Gasteiger partial charge < -0.3 is 5.11 Å². The molecule has 0 aliphatic heterocycles. The molecule has 0 radical (unpaired) electrons. The zero-order valence-electron chi connectivity index (χ0n) is 14.1. The van der Waals surface area contributed by atoms with Crippen LogP contribution in [-0.4, -0.2) is 24.5 Å². The van der Waals surface area contributed by atoms with Gasteiger partial charge in [0.1, 0.15) is 5.01 Å². The van der Waals surface area contributed by atoms with E-state index < -0.39 is 16.0 Å². The van der Waals surface area contributed by atoms with Crippen molar-refractivity contribution in [1.82, 2.24) is 9.71 Å². The number of nitrogens with one attached hydrogen (secondary N) is 1. The molecule has 0 saturated heterocycles. The minimum absolute atomic E-state index is 0.0896. The van der Waals surface area contributed by atoms with Gasteiger partial charge in [-0.05, 0) is 23.8 Å². The molecule has 0 saturated carbocycles. The standard InChI is InChI=1S/C19H16N2O4S2/c22-18(23)11-8-14-6-9-17(10-7-14)27(24,25)20-12-16-13-26-19(21-16)15-4-2-1-3-5-15/h1-11,13,20H,12H2,(H,22,23). The van der Waals surface area contributed by atoms with E-state index in [1.807, 2.05) is 35.7 Å². The van der Waals surface area contributed by atoms with Crippen LogP contribution in [0.3, 0.4) is 0 Å². The van der Waals surface area contributed by atoms with E-state index >= 15 is 0 Å². The number of hydrogen-bond donors (Lipinski definition) is 2. The first-order valence-corrected chi connectivity index (χ1v) is 10.3. The van der Waals surface area contributed by atoms with Crippen LogP contribution < -0.4 is 4.72 Å². The molecule has 0 atom stereocenters. The Labute approximate surface area is 160 Å². The number of carbonyl (C=O) groups is 1. The van der Waals surface area contributed by atoms with E-state index in [0.717, 1.165) is 16.6 Å². The van der Waals surface area contributed by atoms with Crippen molar-refractivity contribution in [3.05, 3.63) is 77.3 Å².